The molecule has 0 radical (unpaired) electrons. The van der Waals surface area contributed by atoms with Crippen molar-refractivity contribution in [1.82, 2.24) is 10.3 Å². The number of hydrogen-bond acceptors (Lipinski definition) is 3. The van der Waals surface area contributed by atoms with Crippen LogP contribution in [0.15, 0.2) is 11.7 Å². The molecule has 1 aromatic heterocycles. The highest BCUT2D eigenvalue weighted by Gasteiger charge is 2.26. The summed E-state index contributed by atoms with van der Waals surface area (Å²) in [4.78, 5) is 5.43. The third-order valence-corrected chi connectivity index (χ3v) is 3.70. The van der Waals surface area contributed by atoms with Gasteiger partial charge in [0.1, 0.15) is 0 Å². The van der Waals surface area contributed by atoms with Gasteiger partial charge in [-0.2, -0.15) is 0 Å². The second-order valence-electron chi connectivity index (χ2n) is 4.07. The van der Waals surface area contributed by atoms with Gasteiger partial charge in [0.25, 0.3) is 0 Å². The first kappa shape index (κ1) is 9.16. The van der Waals surface area contributed by atoms with E-state index in [1.165, 1.54) is 17.7 Å². The van der Waals surface area contributed by atoms with Gasteiger partial charge in [-0.15, -0.1) is 11.3 Å². The van der Waals surface area contributed by atoms with Crippen LogP contribution in [-0.4, -0.2) is 11.0 Å². The summed E-state index contributed by atoms with van der Waals surface area (Å²) >= 11 is 1.73. The summed E-state index contributed by atoms with van der Waals surface area (Å²) in [5.41, 5.74) is 1.90. The van der Waals surface area contributed by atoms with Gasteiger partial charge >= 0.3 is 0 Å². The zero-order chi connectivity index (χ0) is 9.26. The van der Waals surface area contributed by atoms with Crippen molar-refractivity contribution in [1.29, 1.82) is 0 Å². The maximum Gasteiger partial charge on any atom is 0.0794 e. The number of nitrogens with one attached hydrogen (secondary N) is 1. The lowest BCUT2D eigenvalue weighted by molar-refractivity contribution is 0.227. The van der Waals surface area contributed by atoms with Crippen molar-refractivity contribution >= 4 is 11.3 Å². The molecule has 1 saturated carbocycles. The molecule has 1 heterocycles. The van der Waals surface area contributed by atoms with Crippen LogP contribution in [0, 0.1) is 5.92 Å². The Morgan fingerprint density at radius 2 is 2.38 bits per heavy atom. The molecule has 0 amide bonds. The minimum absolute atomic E-state index is 0.477. The molecule has 2 nitrogen and oxygen atoms in total. The second-order valence-corrected chi connectivity index (χ2v) is 4.98. The van der Waals surface area contributed by atoms with E-state index in [4.69, 9.17) is 0 Å². The fourth-order valence-corrected chi connectivity index (χ4v) is 2.55. The number of thiazole rings is 1. The summed E-state index contributed by atoms with van der Waals surface area (Å²) < 4.78 is 0. The highest BCUT2D eigenvalue weighted by molar-refractivity contribution is 7.09. The Labute approximate surface area is 83.4 Å². The molecule has 1 aromatic rings. The minimum Gasteiger partial charge on any atom is -0.307 e. The van der Waals surface area contributed by atoms with Crippen LogP contribution in [0.1, 0.15) is 37.6 Å². The van der Waals surface area contributed by atoms with Crippen molar-refractivity contribution in [2.24, 2.45) is 5.92 Å². The highest BCUT2D eigenvalue weighted by Crippen LogP contribution is 2.29. The average molecular weight is 196 g/mol. The molecule has 13 heavy (non-hydrogen) atoms. The maximum atomic E-state index is 4.09. The molecule has 1 N–H and O–H groups in total. The van der Waals surface area contributed by atoms with Gasteiger partial charge in [-0.3, -0.25) is 4.98 Å². The van der Waals surface area contributed by atoms with Gasteiger partial charge in [0.05, 0.1) is 5.51 Å². The summed E-state index contributed by atoms with van der Waals surface area (Å²) in [6.07, 6.45) is 4.64. The van der Waals surface area contributed by atoms with E-state index in [9.17, 15) is 0 Å². The second kappa shape index (κ2) is 3.76. The maximum absolute atomic E-state index is 4.09. The topological polar surface area (TPSA) is 24.9 Å². The van der Waals surface area contributed by atoms with E-state index in [-0.39, 0.29) is 0 Å². The third-order valence-electron chi connectivity index (χ3n) is 2.74. The van der Waals surface area contributed by atoms with E-state index >= 15 is 0 Å². The number of aromatic nitrogens is 1. The van der Waals surface area contributed by atoms with Gasteiger partial charge in [-0.05, 0) is 25.7 Å². The van der Waals surface area contributed by atoms with Gasteiger partial charge in [0.2, 0.25) is 0 Å². The van der Waals surface area contributed by atoms with Crippen LogP contribution in [-0.2, 0) is 0 Å². The standard InChI is InChI=1S/C10H16N2S/c1-7-3-9(4-7)12-8(2)10-5-11-6-13-10/h5-9,12H,3-4H2,1-2H3. The molecule has 0 saturated heterocycles. The predicted molar refractivity (Wildman–Crippen MR) is 55.9 cm³/mol. The van der Waals surface area contributed by atoms with Crippen molar-refractivity contribution in [2.75, 3.05) is 0 Å². The first-order valence-corrected chi connectivity index (χ1v) is 5.78. The average Bonchev–Trinajstić information content (AvgIpc) is 2.53. The molecule has 0 aliphatic heterocycles. The number of nitrogens with zero attached hydrogens (tertiary/aromatic N) is 1. The third kappa shape index (κ3) is 2.09. The lowest BCUT2D eigenvalue weighted by Gasteiger charge is -2.35. The molecule has 1 atom stereocenters. The van der Waals surface area contributed by atoms with Crippen molar-refractivity contribution in [2.45, 2.75) is 38.8 Å². The first-order valence-electron chi connectivity index (χ1n) is 4.90. The van der Waals surface area contributed by atoms with Gasteiger partial charge in [-0.25, -0.2) is 0 Å². The molecule has 2 rings (SSSR count). The Morgan fingerprint density at radius 3 is 2.92 bits per heavy atom. The van der Waals surface area contributed by atoms with Crippen LogP contribution < -0.4 is 5.32 Å². The van der Waals surface area contributed by atoms with E-state index in [1.54, 1.807) is 11.3 Å². The van der Waals surface area contributed by atoms with E-state index in [0.717, 1.165) is 12.0 Å². The molecule has 0 bridgehead atoms. The van der Waals surface area contributed by atoms with Crippen LogP contribution in [0.3, 0.4) is 0 Å². The fraction of sp³-hybridized carbons (Fsp3) is 0.700. The molecule has 3 heteroatoms. The Kier molecular flexibility index (Phi) is 2.65. The van der Waals surface area contributed by atoms with Crippen molar-refractivity contribution in [3.05, 3.63) is 16.6 Å². The molecule has 72 valence electrons. The largest absolute Gasteiger partial charge is 0.307 e. The van der Waals surface area contributed by atoms with Crippen LogP contribution in [0.4, 0.5) is 0 Å². The van der Waals surface area contributed by atoms with Crippen molar-refractivity contribution < 1.29 is 0 Å². The predicted octanol–water partition coefficient (Wildman–Crippen LogP) is 2.59. The fourth-order valence-electron chi connectivity index (χ4n) is 1.91. The lowest BCUT2D eigenvalue weighted by atomic mass is 9.81. The van der Waals surface area contributed by atoms with E-state index in [0.29, 0.717) is 6.04 Å². The van der Waals surface area contributed by atoms with Gasteiger partial charge in [-0.1, -0.05) is 6.92 Å². The van der Waals surface area contributed by atoms with E-state index in [2.05, 4.69) is 24.1 Å². The summed E-state index contributed by atoms with van der Waals surface area (Å²) in [6.45, 7) is 4.53. The molecule has 1 unspecified atom stereocenters. The van der Waals surface area contributed by atoms with Crippen LogP contribution >= 0.6 is 11.3 Å². The smallest absolute Gasteiger partial charge is 0.0794 e. The molecule has 0 spiro atoms. The summed E-state index contributed by atoms with van der Waals surface area (Å²) in [7, 11) is 0. The zero-order valence-corrected chi connectivity index (χ0v) is 8.97. The van der Waals surface area contributed by atoms with Gasteiger partial charge in [0, 0.05) is 23.2 Å². The molecule has 0 aromatic carbocycles. The van der Waals surface area contributed by atoms with Crippen molar-refractivity contribution in [3.8, 4) is 0 Å². The highest BCUT2D eigenvalue weighted by atomic mass is 32.1. The Morgan fingerprint density at radius 1 is 1.62 bits per heavy atom. The van der Waals surface area contributed by atoms with Crippen molar-refractivity contribution in [3.63, 3.8) is 0 Å². The Hall–Kier alpha value is -0.410. The zero-order valence-electron chi connectivity index (χ0n) is 8.16. The van der Waals surface area contributed by atoms with Crippen LogP contribution in [0.5, 0.6) is 0 Å². The Bertz CT molecular complexity index is 252. The van der Waals surface area contributed by atoms with E-state index < -0.39 is 0 Å². The monoisotopic (exact) mass is 196 g/mol. The SMILES string of the molecule is CC1CC(NC(C)c2cncs2)C1. The van der Waals surface area contributed by atoms with E-state index in [1.807, 2.05) is 11.7 Å². The Balaban J connectivity index is 1.82. The molecular weight excluding hydrogens is 180 g/mol. The molecule has 1 fully saturated rings. The molecule has 1 aliphatic carbocycles. The summed E-state index contributed by atoms with van der Waals surface area (Å²) in [5.74, 6) is 0.922. The van der Waals surface area contributed by atoms with Crippen LogP contribution in [0.2, 0.25) is 0 Å². The molecular formula is C10H16N2S. The minimum atomic E-state index is 0.477. The van der Waals surface area contributed by atoms with Gasteiger partial charge < -0.3 is 5.32 Å². The summed E-state index contributed by atoms with van der Waals surface area (Å²) in [6, 6.07) is 1.22. The number of hydrogen-bond donors (Lipinski definition) is 1. The quantitative estimate of drug-likeness (QED) is 0.803. The number of rotatable bonds is 3. The van der Waals surface area contributed by atoms with Gasteiger partial charge in [0.15, 0.2) is 0 Å². The normalized spacial score (nSPS) is 29.7. The van der Waals surface area contributed by atoms with Crippen LogP contribution in [0.25, 0.3) is 0 Å². The lowest BCUT2D eigenvalue weighted by Crippen LogP contribution is -2.41. The molecule has 1 aliphatic rings. The summed E-state index contributed by atoms with van der Waals surface area (Å²) in [5, 5.41) is 3.62. The first-order chi connectivity index (χ1) is 6.25.